The Morgan fingerprint density at radius 3 is 2.22 bits per heavy atom. The summed E-state index contributed by atoms with van der Waals surface area (Å²) in [4.78, 5) is 4.78. The predicted octanol–water partition coefficient (Wildman–Crippen LogP) is 3.89. The lowest BCUT2D eigenvalue weighted by Crippen LogP contribution is -2.05. The van der Waals surface area contributed by atoms with E-state index in [0.29, 0.717) is 11.8 Å². The van der Waals surface area contributed by atoms with Crippen LogP contribution < -0.4 is 0 Å². The molecule has 3 heteroatoms. The molecule has 0 saturated heterocycles. The largest absolute Gasteiger partial charge is 0.257 e. The van der Waals surface area contributed by atoms with Crippen LogP contribution in [0.3, 0.4) is 0 Å². The van der Waals surface area contributed by atoms with Crippen molar-refractivity contribution in [3.8, 4) is 0 Å². The van der Waals surface area contributed by atoms with Gasteiger partial charge in [0.1, 0.15) is 0 Å². The average Bonchev–Trinajstić information content (AvgIpc) is 2.32. The number of pyridine rings is 1. The summed E-state index contributed by atoms with van der Waals surface area (Å²) in [5.74, 6) is 0.831. The quantitative estimate of drug-likeness (QED) is 0.803. The van der Waals surface area contributed by atoms with Crippen LogP contribution in [0.25, 0.3) is 10.9 Å². The molecule has 0 saturated carbocycles. The maximum absolute atomic E-state index is 4.78. The molecule has 2 rings (SSSR count). The summed E-state index contributed by atoms with van der Waals surface area (Å²) in [6, 6.07) is 0. The lowest BCUT2D eigenvalue weighted by atomic mass is 9.94. The van der Waals surface area contributed by atoms with Crippen molar-refractivity contribution in [2.45, 2.75) is 53.4 Å². The number of aromatic nitrogens is 3. The molecule has 0 bridgehead atoms. The van der Waals surface area contributed by atoms with E-state index in [1.165, 1.54) is 10.9 Å². The molecule has 0 spiro atoms. The Hall–Kier alpha value is -1.51. The highest BCUT2D eigenvalue weighted by atomic mass is 15.1. The fourth-order valence-corrected chi connectivity index (χ4v) is 2.28. The van der Waals surface area contributed by atoms with Gasteiger partial charge >= 0.3 is 0 Å². The molecule has 0 amide bonds. The minimum absolute atomic E-state index is 0.397. The first kappa shape index (κ1) is 12.9. The molecule has 18 heavy (non-hydrogen) atoms. The molecular weight excluding hydrogens is 222 g/mol. The predicted molar refractivity (Wildman–Crippen MR) is 75.0 cm³/mol. The van der Waals surface area contributed by atoms with E-state index in [4.69, 9.17) is 4.98 Å². The molecule has 2 aromatic rings. The van der Waals surface area contributed by atoms with Crippen molar-refractivity contribution in [3.63, 3.8) is 0 Å². The fourth-order valence-electron chi connectivity index (χ4n) is 2.28. The molecule has 3 nitrogen and oxygen atoms in total. The number of hydrogen-bond donors (Lipinski definition) is 0. The molecule has 0 radical (unpaired) electrons. The minimum atomic E-state index is 0.397. The van der Waals surface area contributed by atoms with Crippen LogP contribution in [0.15, 0.2) is 6.20 Å². The molecule has 96 valence electrons. The van der Waals surface area contributed by atoms with Gasteiger partial charge in [0.05, 0.1) is 17.4 Å². The van der Waals surface area contributed by atoms with Gasteiger partial charge < -0.3 is 0 Å². The van der Waals surface area contributed by atoms with Crippen molar-refractivity contribution in [2.75, 3.05) is 0 Å². The van der Waals surface area contributed by atoms with E-state index in [9.17, 15) is 0 Å². The molecule has 0 unspecified atom stereocenters. The van der Waals surface area contributed by atoms with Crippen LogP contribution in [0.2, 0.25) is 0 Å². The maximum atomic E-state index is 4.78. The van der Waals surface area contributed by atoms with E-state index in [1.54, 1.807) is 0 Å². The highest BCUT2D eigenvalue weighted by molar-refractivity contribution is 5.87. The molecule has 0 aliphatic rings. The van der Waals surface area contributed by atoms with Gasteiger partial charge in [-0.1, -0.05) is 27.7 Å². The van der Waals surface area contributed by atoms with Gasteiger partial charge in [-0.2, -0.15) is 10.2 Å². The van der Waals surface area contributed by atoms with Gasteiger partial charge in [-0.15, -0.1) is 0 Å². The van der Waals surface area contributed by atoms with Crippen molar-refractivity contribution in [2.24, 2.45) is 0 Å². The number of rotatable bonds is 2. The second-order valence-electron chi connectivity index (χ2n) is 5.54. The van der Waals surface area contributed by atoms with Gasteiger partial charge in [-0.3, -0.25) is 4.98 Å². The molecule has 0 fully saturated rings. The number of nitrogens with zero attached hydrogens (tertiary/aromatic N) is 3. The number of hydrogen-bond acceptors (Lipinski definition) is 3. The zero-order valence-corrected chi connectivity index (χ0v) is 12.1. The fraction of sp³-hybridized carbons (Fsp3) is 0.533. The zero-order chi connectivity index (χ0) is 13.4. The van der Waals surface area contributed by atoms with Crippen molar-refractivity contribution in [1.82, 2.24) is 15.2 Å². The van der Waals surface area contributed by atoms with Crippen molar-refractivity contribution < 1.29 is 0 Å². The maximum Gasteiger partial charge on any atom is 0.0998 e. The summed E-state index contributed by atoms with van der Waals surface area (Å²) in [5, 5.41) is 9.70. The first-order valence-electron chi connectivity index (χ1n) is 6.55. The van der Waals surface area contributed by atoms with E-state index in [-0.39, 0.29) is 0 Å². The third-order valence-electron chi connectivity index (χ3n) is 3.49. The van der Waals surface area contributed by atoms with Gasteiger partial charge in [-0.25, -0.2) is 0 Å². The highest BCUT2D eigenvalue weighted by Crippen LogP contribution is 2.31. The lowest BCUT2D eigenvalue weighted by Gasteiger charge is -2.17. The smallest absolute Gasteiger partial charge is 0.0998 e. The van der Waals surface area contributed by atoms with Gasteiger partial charge in [0.25, 0.3) is 0 Å². The van der Waals surface area contributed by atoms with Crippen LogP contribution in [-0.2, 0) is 0 Å². The Balaban J connectivity index is 2.95. The van der Waals surface area contributed by atoms with E-state index in [2.05, 4.69) is 44.8 Å². The van der Waals surface area contributed by atoms with Gasteiger partial charge in [0.15, 0.2) is 0 Å². The minimum Gasteiger partial charge on any atom is -0.257 e. The summed E-state index contributed by atoms with van der Waals surface area (Å²) >= 11 is 0. The topological polar surface area (TPSA) is 38.7 Å². The highest BCUT2D eigenvalue weighted by Gasteiger charge is 2.17. The molecular formula is C15H21N3. The Kier molecular flexibility index (Phi) is 3.33. The SMILES string of the molecule is Cc1nc(C(C)C)c2c(C(C)C)cnnc2c1C. The summed E-state index contributed by atoms with van der Waals surface area (Å²) in [5.41, 5.74) is 5.61. The van der Waals surface area contributed by atoms with Crippen molar-refractivity contribution >= 4 is 10.9 Å². The third kappa shape index (κ3) is 1.98. The second-order valence-corrected chi connectivity index (χ2v) is 5.54. The van der Waals surface area contributed by atoms with E-state index < -0.39 is 0 Å². The molecule has 0 aromatic carbocycles. The summed E-state index contributed by atoms with van der Waals surface area (Å²) in [6.07, 6.45) is 1.88. The second kappa shape index (κ2) is 4.63. The van der Waals surface area contributed by atoms with Crippen LogP contribution in [0.5, 0.6) is 0 Å². The van der Waals surface area contributed by atoms with Gasteiger partial charge in [0, 0.05) is 11.1 Å². The first-order chi connectivity index (χ1) is 8.43. The standard InChI is InChI=1S/C15H21N3/c1-8(2)12-7-16-18-15-10(5)11(6)17-14(9(3)4)13(12)15/h7-9H,1-6H3. The van der Waals surface area contributed by atoms with Crippen molar-refractivity contribution in [3.05, 3.63) is 28.7 Å². The molecule has 2 heterocycles. The summed E-state index contributed by atoms with van der Waals surface area (Å²) in [7, 11) is 0. The monoisotopic (exact) mass is 243 g/mol. The molecule has 0 aliphatic carbocycles. The van der Waals surface area contributed by atoms with E-state index in [1.807, 2.05) is 13.1 Å². The van der Waals surface area contributed by atoms with E-state index in [0.717, 1.165) is 22.5 Å². The summed E-state index contributed by atoms with van der Waals surface area (Å²) in [6.45, 7) is 12.9. The van der Waals surface area contributed by atoms with Gasteiger partial charge in [-0.05, 0) is 36.8 Å². The first-order valence-corrected chi connectivity index (χ1v) is 6.55. The molecule has 0 N–H and O–H groups in total. The van der Waals surface area contributed by atoms with Crippen LogP contribution in [0, 0.1) is 13.8 Å². The number of aryl methyl sites for hydroxylation is 2. The number of fused-ring (bicyclic) bond motifs is 1. The Morgan fingerprint density at radius 1 is 1.00 bits per heavy atom. The Bertz CT molecular complexity index is 586. The molecule has 0 atom stereocenters. The van der Waals surface area contributed by atoms with Crippen molar-refractivity contribution in [1.29, 1.82) is 0 Å². The summed E-state index contributed by atoms with van der Waals surface area (Å²) < 4.78 is 0. The van der Waals surface area contributed by atoms with Gasteiger partial charge in [0.2, 0.25) is 0 Å². The Labute approximate surface area is 109 Å². The Morgan fingerprint density at radius 2 is 1.67 bits per heavy atom. The lowest BCUT2D eigenvalue weighted by molar-refractivity contribution is 0.807. The van der Waals surface area contributed by atoms with Crippen LogP contribution in [-0.4, -0.2) is 15.2 Å². The molecule has 0 aliphatic heterocycles. The normalized spacial score (nSPS) is 11.8. The molecule has 2 aromatic heterocycles. The van der Waals surface area contributed by atoms with Crippen LogP contribution in [0.4, 0.5) is 0 Å². The van der Waals surface area contributed by atoms with E-state index >= 15 is 0 Å². The third-order valence-corrected chi connectivity index (χ3v) is 3.49. The van der Waals surface area contributed by atoms with Crippen LogP contribution >= 0.6 is 0 Å². The average molecular weight is 243 g/mol. The van der Waals surface area contributed by atoms with Crippen LogP contribution in [0.1, 0.15) is 62.0 Å². The zero-order valence-electron chi connectivity index (χ0n) is 12.1.